The van der Waals surface area contributed by atoms with Gasteiger partial charge in [-0.1, -0.05) is 37.3 Å². The molecule has 1 aliphatic rings. The predicted molar refractivity (Wildman–Crippen MR) is 90.7 cm³/mol. The van der Waals surface area contributed by atoms with E-state index in [0.717, 1.165) is 43.7 Å². The van der Waals surface area contributed by atoms with E-state index in [0.29, 0.717) is 6.54 Å². The maximum Gasteiger partial charge on any atom is 0.240 e. The first-order valence-electron chi connectivity index (χ1n) is 7.92. The van der Waals surface area contributed by atoms with Gasteiger partial charge in [0.1, 0.15) is 0 Å². The van der Waals surface area contributed by atoms with Crippen molar-refractivity contribution in [2.75, 3.05) is 24.6 Å². The number of hydrogen-bond acceptors (Lipinski definition) is 3. The number of rotatable bonds is 8. The lowest BCUT2D eigenvalue weighted by Crippen LogP contribution is -2.54. The van der Waals surface area contributed by atoms with Crippen LogP contribution in [-0.2, 0) is 11.2 Å². The zero-order valence-corrected chi connectivity index (χ0v) is 13.7. The SMILES string of the molecule is CCSCCC1(C(=O)NCCc2ccccc2)CCCN1. The van der Waals surface area contributed by atoms with Crippen LogP contribution in [0.1, 0.15) is 31.7 Å². The molecule has 1 fully saturated rings. The molecule has 1 unspecified atom stereocenters. The van der Waals surface area contributed by atoms with E-state index < -0.39 is 0 Å². The second-order valence-corrected chi connectivity index (χ2v) is 6.94. The fourth-order valence-corrected chi connectivity index (χ4v) is 3.63. The molecule has 4 heteroatoms. The topological polar surface area (TPSA) is 41.1 Å². The van der Waals surface area contributed by atoms with Crippen molar-refractivity contribution in [3.8, 4) is 0 Å². The smallest absolute Gasteiger partial charge is 0.240 e. The molecule has 3 nitrogen and oxygen atoms in total. The van der Waals surface area contributed by atoms with Gasteiger partial charge >= 0.3 is 0 Å². The van der Waals surface area contributed by atoms with Gasteiger partial charge < -0.3 is 10.6 Å². The lowest BCUT2D eigenvalue weighted by molar-refractivity contribution is -0.127. The second kappa shape index (κ2) is 8.44. The fraction of sp³-hybridized carbons (Fsp3) is 0.588. The Kier molecular flexibility index (Phi) is 6.58. The van der Waals surface area contributed by atoms with Gasteiger partial charge in [-0.3, -0.25) is 4.79 Å². The quantitative estimate of drug-likeness (QED) is 0.725. The number of carbonyl (C=O) groups excluding carboxylic acids is 1. The minimum atomic E-state index is -0.321. The highest BCUT2D eigenvalue weighted by molar-refractivity contribution is 7.99. The van der Waals surface area contributed by atoms with Gasteiger partial charge in [0.2, 0.25) is 5.91 Å². The molecule has 0 saturated carbocycles. The third kappa shape index (κ3) is 4.75. The van der Waals surface area contributed by atoms with E-state index in [-0.39, 0.29) is 11.4 Å². The third-order valence-corrected chi connectivity index (χ3v) is 5.00. The van der Waals surface area contributed by atoms with Gasteiger partial charge in [-0.25, -0.2) is 0 Å². The van der Waals surface area contributed by atoms with Crippen molar-refractivity contribution in [1.29, 1.82) is 0 Å². The van der Waals surface area contributed by atoms with Crippen LogP contribution in [0.5, 0.6) is 0 Å². The van der Waals surface area contributed by atoms with Crippen LogP contribution in [-0.4, -0.2) is 36.0 Å². The van der Waals surface area contributed by atoms with Gasteiger partial charge in [0.05, 0.1) is 5.54 Å². The first-order valence-corrected chi connectivity index (χ1v) is 9.07. The lowest BCUT2D eigenvalue weighted by Gasteiger charge is -2.28. The first-order chi connectivity index (χ1) is 10.3. The number of benzene rings is 1. The standard InChI is InChI=1S/C17H26N2OS/c1-2-21-14-11-17(10-6-12-19-17)16(20)18-13-9-15-7-4-3-5-8-15/h3-5,7-8,19H,2,6,9-14H2,1H3,(H,18,20). The highest BCUT2D eigenvalue weighted by Gasteiger charge is 2.39. The molecule has 0 spiro atoms. The second-order valence-electron chi connectivity index (χ2n) is 5.55. The van der Waals surface area contributed by atoms with E-state index in [9.17, 15) is 4.79 Å². The lowest BCUT2D eigenvalue weighted by atomic mass is 9.93. The Balaban J connectivity index is 1.81. The van der Waals surface area contributed by atoms with Gasteiger partial charge in [0.15, 0.2) is 0 Å². The molecule has 1 heterocycles. The minimum absolute atomic E-state index is 0.188. The van der Waals surface area contributed by atoms with Crippen molar-refractivity contribution in [3.63, 3.8) is 0 Å². The fourth-order valence-electron chi connectivity index (χ4n) is 2.85. The van der Waals surface area contributed by atoms with Crippen LogP contribution in [0.4, 0.5) is 0 Å². The Labute approximate surface area is 132 Å². The molecule has 21 heavy (non-hydrogen) atoms. The Morgan fingerprint density at radius 3 is 2.86 bits per heavy atom. The molecular formula is C17H26N2OS. The summed E-state index contributed by atoms with van der Waals surface area (Å²) >= 11 is 1.91. The van der Waals surface area contributed by atoms with Crippen molar-refractivity contribution in [1.82, 2.24) is 10.6 Å². The molecule has 2 rings (SSSR count). The molecule has 2 N–H and O–H groups in total. The Morgan fingerprint density at radius 2 is 2.19 bits per heavy atom. The van der Waals surface area contributed by atoms with Crippen LogP contribution in [0.25, 0.3) is 0 Å². The molecule has 0 radical (unpaired) electrons. The Bertz CT molecular complexity index is 430. The van der Waals surface area contributed by atoms with Crippen LogP contribution >= 0.6 is 11.8 Å². The molecule has 116 valence electrons. The molecule has 0 aliphatic carbocycles. The Morgan fingerprint density at radius 1 is 1.38 bits per heavy atom. The zero-order chi connectivity index (χ0) is 15.0. The number of thioether (sulfide) groups is 1. The Hall–Kier alpha value is -1.00. The molecule has 1 saturated heterocycles. The molecule has 1 atom stereocenters. The van der Waals surface area contributed by atoms with Crippen molar-refractivity contribution in [3.05, 3.63) is 35.9 Å². The van der Waals surface area contributed by atoms with Crippen molar-refractivity contribution in [2.45, 2.75) is 38.1 Å². The van der Waals surface area contributed by atoms with Crippen LogP contribution in [0.2, 0.25) is 0 Å². The molecule has 1 aromatic carbocycles. The summed E-state index contributed by atoms with van der Waals surface area (Å²) in [5.74, 6) is 2.36. The number of amides is 1. The summed E-state index contributed by atoms with van der Waals surface area (Å²) in [6.45, 7) is 3.84. The maximum atomic E-state index is 12.6. The summed E-state index contributed by atoms with van der Waals surface area (Å²) in [6.07, 6.45) is 3.90. The van der Waals surface area contributed by atoms with E-state index in [1.54, 1.807) is 0 Å². The normalized spacial score (nSPS) is 21.4. The van der Waals surface area contributed by atoms with Gasteiger partial charge in [-0.15, -0.1) is 0 Å². The monoisotopic (exact) mass is 306 g/mol. The van der Waals surface area contributed by atoms with E-state index in [4.69, 9.17) is 0 Å². The zero-order valence-electron chi connectivity index (χ0n) is 12.9. The maximum absolute atomic E-state index is 12.6. The summed E-state index contributed by atoms with van der Waals surface area (Å²) in [6, 6.07) is 10.3. The van der Waals surface area contributed by atoms with Gasteiger partial charge in [0.25, 0.3) is 0 Å². The summed E-state index contributed by atoms with van der Waals surface area (Å²) in [5, 5.41) is 6.58. The predicted octanol–water partition coefficient (Wildman–Crippen LogP) is 2.61. The van der Waals surface area contributed by atoms with E-state index in [2.05, 4.69) is 29.7 Å². The molecule has 1 amide bonds. The number of carbonyl (C=O) groups is 1. The molecule has 0 aromatic heterocycles. The van der Waals surface area contributed by atoms with Crippen LogP contribution in [0.3, 0.4) is 0 Å². The van der Waals surface area contributed by atoms with Crippen molar-refractivity contribution in [2.24, 2.45) is 0 Å². The summed E-state index contributed by atoms with van der Waals surface area (Å²) < 4.78 is 0. The molecule has 0 bridgehead atoms. The third-order valence-electron chi connectivity index (χ3n) is 4.10. The highest BCUT2D eigenvalue weighted by atomic mass is 32.2. The average Bonchev–Trinajstić information content (AvgIpc) is 2.99. The largest absolute Gasteiger partial charge is 0.354 e. The van der Waals surface area contributed by atoms with Crippen molar-refractivity contribution < 1.29 is 4.79 Å². The summed E-state index contributed by atoms with van der Waals surface area (Å²) in [4.78, 5) is 12.6. The van der Waals surface area contributed by atoms with E-state index in [1.165, 1.54) is 5.56 Å². The number of hydrogen-bond donors (Lipinski definition) is 2. The van der Waals surface area contributed by atoms with Crippen LogP contribution in [0, 0.1) is 0 Å². The average molecular weight is 306 g/mol. The van der Waals surface area contributed by atoms with Gasteiger partial charge in [0, 0.05) is 6.54 Å². The highest BCUT2D eigenvalue weighted by Crippen LogP contribution is 2.25. The van der Waals surface area contributed by atoms with E-state index >= 15 is 0 Å². The van der Waals surface area contributed by atoms with Crippen LogP contribution < -0.4 is 10.6 Å². The first kappa shape index (κ1) is 16.4. The number of nitrogens with one attached hydrogen (secondary N) is 2. The van der Waals surface area contributed by atoms with Gasteiger partial charge in [-0.2, -0.15) is 11.8 Å². The molecule has 1 aliphatic heterocycles. The summed E-state index contributed by atoms with van der Waals surface area (Å²) in [5.41, 5.74) is 0.951. The minimum Gasteiger partial charge on any atom is -0.354 e. The van der Waals surface area contributed by atoms with Crippen LogP contribution in [0.15, 0.2) is 30.3 Å². The molecule has 1 aromatic rings. The summed E-state index contributed by atoms with van der Waals surface area (Å²) in [7, 11) is 0. The van der Waals surface area contributed by atoms with E-state index in [1.807, 2.05) is 30.0 Å². The molecular weight excluding hydrogens is 280 g/mol. The van der Waals surface area contributed by atoms with Gasteiger partial charge in [-0.05, 0) is 49.3 Å². The van der Waals surface area contributed by atoms with Crippen molar-refractivity contribution >= 4 is 17.7 Å².